The quantitative estimate of drug-likeness (QED) is 0.302. The second-order valence-corrected chi connectivity index (χ2v) is 8.87. The molecule has 0 radical (unpaired) electrons. The topological polar surface area (TPSA) is 44.8 Å². The van der Waals surface area contributed by atoms with E-state index in [1.54, 1.807) is 32.9 Å². The number of carbonyl (C=O) groups is 1. The van der Waals surface area contributed by atoms with Crippen molar-refractivity contribution in [1.82, 2.24) is 0 Å². The van der Waals surface area contributed by atoms with Gasteiger partial charge in [0.15, 0.2) is 5.60 Å². The first-order valence-corrected chi connectivity index (χ1v) is 11.7. The highest BCUT2D eigenvalue weighted by Crippen LogP contribution is 2.27. The van der Waals surface area contributed by atoms with Crippen LogP contribution in [0.5, 0.6) is 11.5 Å². The number of hydrogen-bond acceptors (Lipinski definition) is 4. The van der Waals surface area contributed by atoms with E-state index in [2.05, 4.69) is 68.5 Å². The fourth-order valence-electron chi connectivity index (χ4n) is 3.65. The van der Waals surface area contributed by atoms with Crippen LogP contribution in [0.4, 0.5) is 0 Å². The van der Waals surface area contributed by atoms with Crippen LogP contribution >= 0.6 is 0 Å². The molecule has 0 aliphatic rings. The molecular weight excluding hydrogens is 424 g/mol. The van der Waals surface area contributed by atoms with Gasteiger partial charge < -0.3 is 14.2 Å². The SMILES string of the molecule is CCOC(=O)C(C)(C)Oc1ccc(OC/C=C(\c2ccc(-c3ccccc3)cc2)C(C)C)cc1. The Balaban J connectivity index is 1.63. The molecule has 0 amide bonds. The zero-order valence-electron chi connectivity index (χ0n) is 20.7. The largest absolute Gasteiger partial charge is 0.490 e. The fraction of sp³-hybridized carbons (Fsp3) is 0.300. The lowest BCUT2D eigenvalue weighted by Crippen LogP contribution is -2.39. The molecule has 0 spiro atoms. The Bertz CT molecular complexity index is 1080. The van der Waals surface area contributed by atoms with Gasteiger partial charge in [0.2, 0.25) is 0 Å². The van der Waals surface area contributed by atoms with Gasteiger partial charge in [-0.3, -0.25) is 0 Å². The van der Waals surface area contributed by atoms with Crippen LogP contribution in [0.2, 0.25) is 0 Å². The van der Waals surface area contributed by atoms with Crippen molar-refractivity contribution in [2.75, 3.05) is 13.2 Å². The van der Waals surface area contributed by atoms with Crippen molar-refractivity contribution < 1.29 is 19.0 Å². The summed E-state index contributed by atoms with van der Waals surface area (Å²) >= 11 is 0. The lowest BCUT2D eigenvalue weighted by Gasteiger charge is -2.24. The van der Waals surface area contributed by atoms with Gasteiger partial charge >= 0.3 is 5.97 Å². The van der Waals surface area contributed by atoms with Crippen molar-refractivity contribution in [2.45, 2.75) is 40.2 Å². The van der Waals surface area contributed by atoms with Crippen molar-refractivity contribution in [3.05, 3.63) is 90.5 Å². The molecule has 0 unspecified atom stereocenters. The number of benzene rings is 3. The van der Waals surface area contributed by atoms with E-state index in [4.69, 9.17) is 14.2 Å². The highest BCUT2D eigenvalue weighted by molar-refractivity contribution is 5.79. The second-order valence-electron chi connectivity index (χ2n) is 8.87. The van der Waals surface area contributed by atoms with Crippen LogP contribution in [-0.4, -0.2) is 24.8 Å². The van der Waals surface area contributed by atoms with E-state index in [9.17, 15) is 4.79 Å². The van der Waals surface area contributed by atoms with Crippen LogP contribution in [0.3, 0.4) is 0 Å². The van der Waals surface area contributed by atoms with Gasteiger partial charge in [0.25, 0.3) is 0 Å². The maximum absolute atomic E-state index is 12.0. The first-order chi connectivity index (χ1) is 16.3. The van der Waals surface area contributed by atoms with Gasteiger partial charge in [-0.2, -0.15) is 0 Å². The Morgan fingerprint density at radius 1 is 0.853 bits per heavy atom. The van der Waals surface area contributed by atoms with Crippen LogP contribution in [0, 0.1) is 5.92 Å². The number of hydrogen-bond donors (Lipinski definition) is 0. The summed E-state index contributed by atoms with van der Waals surface area (Å²) in [4.78, 5) is 12.0. The molecule has 0 aliphatic carbocycles. The van der Waals surface area contributed by atoms with Gasteiger partial charge in [0.05, 0.1) is 6.61 Å². The molecule has 0 aliphatic heterocycles. The molecule has 34 heavy (non-hydrogen) atoms. The third-order valence-electron chi connectivity index (χ3n) is 5.46. The van der Waals surface area contributed by atoms with Crippen LogP contribution in [0.25, 0.3) is 16.7 Å². The van der Waals surface area contributed by atoms with Gasteiger partial charge in [0.1, 0.15) is 18.1 Å². The fourth-order valence-corrected chi connectivity index (χ4v) is 3.65. The van der Waals surface area contributed by atoms with Crippen LogP contribution in [0.15, 0.2) is 84.9 Å². The van der Waals surface area contributed by atoms with Gasteiger partial charge in [-0.1, -0.05) is 68.4 Å². The lowest BCUT2D eigenvalue weighted by molar-refractivity contribution is -0.158. The highest BCUT2D eigenvalue weighted by Gasteiger charge is 2.31. The van der Waals surface area contributed by atoms with E-state index in [1.165, 1.54) is 22.3 Å². The minimum Gasteiger partial charge on any atom is -0.490 e. The average molecular weight is 459 g/mol. The molecular formula is C30H34O4. The number of ether oxygens (including phenoxy) is 3. The summed E-state index contributed by atoms with van der Waals surface area (Å²) in [6, 6.07) is 26.3. The predicted octanol–water partition coefficient (Wildman–Crippen LogP) is 7.19. The van der Waals surface area contributed by atoms with Gasteiger partial charge in [0, 0.05) is 0 Å². The Morgan fingerprint density at radius 3 is 2.03 bits per heavy atom. The van der Waals surface area contributed by atoms with E-state index in [1.807, 2.05) is 18.2 Å². The average Bonchev–Trinajstić information content (AvgIpc) is 2.83. The molecule has 0 saturated carbocycles. The first-order valence-electron chi connectivity index (χ1n) is 11.7. The third-order valence-corrected chi connectivity index (χ3v) is 5.46. The normalized spacial score (nSPS) is 11.9. The number of carbonyl (C=O) groups excluding carboxylic acids is 1. The number of allylic oxidation sites excluding steroid dienone is 1. The van der Waals surface area contributed by atoms with Crippen molar-refractivity contribution in [1.29, 1.82) is 0 Å². The smallest absolute Gasteiger partial charge is 0.349 e. The van der Waals surface area contributed by atoms with Gasteiger partial charge in [-0.15, -0.1) is 0 Å². The summed E-state index contributed by atoms with van der Waals surface area (Å²) in [5.41, 5.74) is 3.81. The molecule has 0 fully saturated rings. The molecule has 0 heterocycles. The second kappa shape index (κ2) is 11.6. The number of rotatable bonds is 10. The molecule has 0 N–H and O–H groups in total. The molecule has 4 nitrogen and oxygen atoms in total. The zero-order valence-corrected chi connectivity index (χ0v) is 20.7. The van der Waals surface area contributed by atoms with Crippen molar-refractivity contribution in [2.24, 2.45) is 5.92 Å². The van der Waals surface area contributed by atoms with E-state index in [0.717, 1.165) is 5.75 Å². The van der Waals surface area contributed by atoms with Gasteiger partial charge in [-0.25, -0.2) is 4.79 Å². The molecule has 0 bridgehead atoms. The van der Waals surface area contributed by atoms with Crippen molar-refractivity contribution in [3.63, 3.8) is 0 Å². The summed E-state index contributed by atoms with van der Waals surface area (Å²) in [6.45, 7) is 10.3. The number of esters is 1. The molecule has 178 valence electrons. The zero-order chi connectivity index (χ0) is 24.6. The summed E-state index contributed by atoms with van der Waals surface area (Å²) in [6.07, 6.45) is 2.14. The molecule has 3 rings (SSSR count). The minimum atomic E-state index is -1.05. The Kier molecular flexibility index (Phi) is 8.53. The Labute approximate surface area is 203 Å². The van der Waals surface area contributed by atoms with E-state index in [0.29, 0.717) is 24.9 Å². The maximum Gasteiger partial charge on any atom is 0.349 e. The van der Waals surface area contributed by atoms with Crippen molar-refractivity contribution >= 4 is 11.5 Å². The highest BCUT2D eigenvalue weighted by atomic mass is 16.6. The van der Waals surface area contributed by atoms with Crippen LogP contribution in [-0.2, 0) is 9.53 Å². The monoisotopic (exact) mass is 458 g/mol. The summed E-state index contributed by atoms with van der Waals surface area (Å²) in [5, 5.41) is 0. The third kappa shape index (κ3) is 6.74. The van der Waals surface area contributed by atoms with Crippen molar-refractivity contribution in [3.8, 4) is 22.6 Å². The minimum absolute atomic E-state index is 0.321. The van der Waals surface area contributed by atoms with Crippen LogP contribution < -0.4 is 9.47 Å². The molecule has 3 aromatic carbocycles. The Hall–Kier alpha value is -3.53. The Morgan fingerprint density at radius 2 is 1.44 bits per heavy atom. The molecule has 4 heteroatoms. The van der Waals surface area contributed by atoms with E-state index < -0.39 is 11.6 Å². The molecule has 0 saturated heterocycles. The summed E-state index contributed by atoms with van der Waals surface area (Å²) < 4.78 is 16.8. The molecule has 0 atom stereocenters. The van der Waals surface area contributed by atoms with Crippen LogP contribution in [0.1, 0.15) is 40.2 Å². The van der Waals surface area contributed by atoms with Gasteiger partial charge in [-0.05, 0) is 79.3 Å². The van der Waals surface area contributed by atoms with E-state index in [-0.39, 0.29) is 0 Å². The predicted molar refractivity (Wildman–Crippen MR) is 138 cm³/mol. The van der Waals surface area contributed by atoms with E-state index >= 15 is 0 Å². The standard InChI is InChI=1S/C30H34O4/c1-6-32-29(31)30(4,5)34-27-18-16-26(17-19-27)33-21-20-28(22(2)3)25-14-12-24(13-15-25)23-10-8-7-9-11-23/h7-20,22H,6,21H2,1-5H3/b28-20-. The molecule has 3 aromatic rings. The molecule has 0 aromatic heterocycles. The summed E-state index contributed by atoms with van der Waals surface area (Å²) in [7, 11) is 0. The first kappa shape index (κ1) is 25.1. The summed E-state index contributed by atoms with van der Waals surface area (Å²) in [5.74, 6) is 1.30. The lowest BCUT2D eigenvalue weighted by atomic mass is 9.93. The maximum atomic E-state index is 12.0.